The van der Waals surface area contributed by atoms with Crippen molar-refractivity contribution in [3.63, 3.8) is 0 Å². The topological polar surface area (TPSA) is 66.6 Å². The summed E-state index contributed by atoms with van der Waals surface area (Å²) >= 11 is 1.62. The highest BCUT2D eigenvalue weighted by Gasteiger charge is 2.31. The summed E-state index contributed by atoms with van der Waals surface area (Å²) in [6.07, 6.45) is -3.42. The van der Waals surface area contributed by atoms with Crippen molar-refractivity contribution in [1.82, 2.24) is 25.2 Å². The van der Waals surface area contributed by atoms with E-state index in [0.29, 0.717) is 24.0 Å². The number of alkyl halides is 3. The van der Waals surface area contributed by atoms with Crippen LogP contribution in [-0.4, -0.2) is 27.6 Å². The van der Waals surface area contributed by atoms with E-state index in [9.17, 15) is 13.2 Å². The number of aromatic nitrogens is 3. The van der Waals surface area contributed by atoms with Crippen molar-refractivity contribution in [2.24, 2.45) is 4.99 Å². The number of aliphatic imine (C=N–C) groups is 1. The molecule has 0 fully saturated rings. The molecule has 0 atom stereocenters. The number of thiophene rings is 1. The van der Waals surface area contributed by atoms with Crippen LogP contribution in [-0.2, 0) is 19.3 Å². The van der Waals surface area contributed by atoms with Crippen LogP contribution in [0.5, 0.6) is 0 Å². The predicted octanol–water partition coefficient (Wildman–Crippen LogP) is 3.29. The zero-order valence-corrected chi connectivity index (χ0v) is 16.8. The van der Waals surface area contributed by atoms with E-state index in [4.69, 9.17) is 0 Å². The molecule has 0 saturated heterocycles. The van der Waals surface area contributed by atoms with Gasteiger partial charge < -0.3 is 10.6 Å². The van der Waals surface area contributed by atoms with Gasteiger partial charge in [0.1, 0.15) is 0 Å². The maximum absolute atomic E-state index is 12.9. The Kier molecular flexibility index (Phi) is 6.81. The Hall–Kier alpha value is -1.89. The van der Waals surface area contributed by atoms with E-state index in [1.54, 1.807) is 18.4 Å². The van der Waals surface area contributed by atoms with E-state index < -0.39 is 11.7 Å². The van der Waals surface area contributed by atoms with Crippen LogP contribution in [0, 0.1) is 0 Å². The molecule has 3 aromatic rings. The number of pyridine rings is 1. The molecule has 0 aliphatic carbocycles. The Bertz CT molecular complexity index is 875. The molecule has 3 heterocycles. The highest BCUT2D eigenvalue weighted by molar-refractivity contribution is 14.0. The van der Waals surface area contributed by atoms with Gasteiger partial charge >= 0.3 is 6.18 Å². The van der Waals surface area contributed by atoms with Gasteiger partial charge in [-0.3, -0.25) is 9.39 Å². The molecular weight excluding hydrogens is 480 g/mol. The average Bonchev–Trinajstić information content (AvgIpc) is 3.23. The molecule has 2 N–H and O–H groups in total. The van der Waals surface area contributed by atoms with Crippen LogP contribution >= 0.6 is 35.3 Å². The standard InChI is InChI=1S/C15H15F3N6S.HI/c1-19-14(20-7-11-3-2-6-25-11)21-8-13-23-22-12-5-4-10(9-24(12)13)15(16,17)18;/h2-6,9H,7-8H2,1H3,(H2,19,20,21);1H. The second-order valence-electron chi connectivity index (χ2n) is 5.12. The Morgan fingerprint density at radius 2 is 1.96 bits per heavy atom. The second-order valence-corrected chi connectivity index (χ2v) is 6.15. The zero-order chi connectivity index (χ0) is 17.9. The minimum atomic E-state index is -4.42. The van der Waals surface area contributed by atoms with E-state index >= 15 is 0 Å². The monoisotopic (exact) mass is 496 g/mol. The van der Waals surface area contributed by atoms with Crippen molar-refractivity contribution in [3.05, 3.63) is 52.1 Å². The number of hydrogen-bond acceptors (Lipinski definition) is 4. The van der Waals surface area contributed by atoms with Crippen molar-refractivity contribution >= 4 is 46.9 Å². The first-order valence-electron chi connectivity index (χ1n) is 7.35. The molecule has 11 heteroatoms. The normalized spacial score (nSPS) is 12.1. The summed E-state index contributed by atoms with van der Waals surface area (Å²) in [5, 5.41) is 15.9. The SMILES string of the molecule is CN=C(NCc1cccs1)NCc1nnc2ccc(C(F)(F)F)cn12.I. The third-order valence-electron chi connectivity index (χ3n) is 3.45. The molecule has 0 aliphatic heterocycles. The van der Waals surface area contributed by atoms with Crippen LogP contribution in [0.1, 0.15) is 16.3 Å². The fraction of sp³-hybridized carbons (Fsp3) is 0.267. The van der Waals surface area contributed by atoms with Gasteiger partial charge in [0.05, 0.1) is 18.7 Å². The maximum atomic E-state index is 12.9. The van der Waals surface area contributed by atoms with Crippen molar-refractivity contribution in [1.29, 1.82) is 0 Å². The number of guanidine groups is 1. The van der Waals surface area contributed by atoms with Gasteiger partial charge in [0.15, 0.2) is 17.4 Å². The fourth-order valence-corrected chi connectivity index (χ4v) is 2.84. The van der Waals surface area contributed by atoms with E-state index in [1.807, 2.05) is 17.5 Å². The second kappa shape index (κ2) is 8.66. The van der Waals surface area contributed by atoms with Crippen LogP contribution in [0.15, 0.2) is 40.8 Å². The number of rotatable bonds is 4. The first kappa shape index (κ1) is 20.4. The molecule has 3 rings (SSSR count). The molecule has 0 aliphatic rings. The van der Waals surface area contributed by atoms with Crippen LogP contribution in [0.25, 0.3) is 5.65 Å². The third kappa shape index (κ3) is 4.84. The summed E-state index contributed by atoms with van der Waals surface area (Å²) < 4.78 is 39.9. The number of fused-ring (bicyclic) bond motifs is 1. The van der Waals surface area contributed by atoms with Gasteiger partial charge in [-0.2, -0.15) is 13.2 Å². The molecule has 6 nitrogen and oxygen atoms in total. The molecule has 0 bridgehead atoms. The summed E-state index contributed by atoms with van der Waals surface area (Å²) in [7, 11) is 1.62. The van der Waals surface area contributed by atoms with Crippen LogP contribution in [0.2, 0.25) is 0 Å². The van der Waals surface area contributed by atoms with Gasteiger partial charge in [-0.1, -0.05) is 6.07 Å². The molecule has 0 spiro atoms. The van der Waals surface area contributed by atoms with Crippen LogP contribution in [0.4, 0.5) is 13.2 Å². The number of nitrogens with zero attached hydrogens (tertiary/aromatic N) is 4. The van der Waals surface area contributed by atoms with Crippen LogP contribution < -0.4 is 10.6 Å². The number of nitrogens with one attached hydrogen (secondary N) is 2. The quantitative estimate of drug-likeness (QED) is 0.331. The molecule has 0 saturated carbocycles. The lowest BCUT2D eigenvalue weighted by molar-refractivity contribution is -0.137. The summed E-state index contributed by atoms with van der Waals surface area (Å²) in [5.74, 6) is 0.886. The Morgan fingerprint density at radius 3 is 2.62 bits per heavy atom. The van der Waals surface area contributed by atoms with Gasteiger partial charge in [0, 0.05) is 18.1 Å². The van der Waals surface area contributed by atoms with Gasteiger partial charge in [-0.25, -0.2) is 0 Å². The van der Waals surface area contributed by atoms with Gasteiger partial charge in [-0.05, 0) is 23.6 Å². The van der Waals surface area contributed by atoms with Crippen molar-refractivity contribution in [2.75, 3.05) is 7.05 Å². The highest BCUT2D eigenvalue weighted by Crippen LogP contribution is 2.29. The third-order valence-corrected chi connectivity index (χ3v) is 4.32. The lowest BCUT2D eigenvalue weighted by Gasteiger charge is -2.11. The van der Waals surface area contributed by atoms with Crippen molar-refractivity contribution in [3.8, 4) is 0 Å². The lowest BCUT2D eigenvalue weighted by atomic mass is 10.3. The Morgan fingerprint density at radius 1 is 1.19 bits per heavy atom. The van der Waals surface area contributed by atoms with E-state index in [0.717, 1.165) is 17.1 Å². The molecule has 3 aromatic heterocycles. The first-order chi connectivity index (χ1) is 12.0. The summed E-state index contributed by atoms with van der Waals surface area (Å²) in [6.45, 7) is 0.794. The summed E-state index contributed by atoms with van der Waals surface area (Å²) in [5.41, 5.74) is -0.396. The molecule has 140 valence electrons. The smallest absolute Gasteiger partial charge is 0.352 e. The maximum Gasteiger partial charge on any atom is 0.417 e. The fourth-order valence-electron chi connectivity index (χ4n) is 2.19. The Balaban J connectivity index is 0.00000243. The van der Waals surface area contributed by atoms with Crippen molar-refractivity contribution in [2.45, 2.75) is 19.3 Å². The average molecular weight is 496 g/mol. The predicted molar refractivity (Wildman–Crippen MR) is 105 cm³/mol. The largest absolute Gasteiger partial charge is 0.417 e. The molecule has 0 aromatic carbocycles. The minimum absolute atomic E-state index is 0. The van der Waals surface area contributed by atoms with Crippen molar-refractivity contribution < 1.29 is 13.2 Å². The molecule has 0 unspecified atom stereocenters. The molecule has 26 heavy (non-hydrogen) atoms. The summed E-state index contributed by atoms with van der Waals surface area (Å²) in [4.78, 5) is 5.23. The van der Waals surface area contributed by atoms with Gasteiger partial charge in [0.25, 0.3) is 0 Å². The highest BCUT2D eigenvalue weighted by atomic mass is 127. The zero-order valence-electron chi connectivity index (χ0n) is 13.6. The minimum Gasteiger partial charge on any atom is -0.352 e. The van der Waals surface area contributed by atoms with E-state index in [1.165, 1.54) is 10.5 Å². The summed E-state index contributed by atoms with van der Waals surface area (Å²) in [6, 6.07) is 6.24. The van der Waals surface area contributed by atoms with Gasteiger partial charge in [-0.15, -0.1) is 45.5 Å². The van der Waals surface area contributed by atoms with E-state index in [2.05, 4.69) is 25.8 Å². The van der Waals surface area contributed by atoms with Crippen LogP contribution in [0.3, 0.4) is 0 Å². The van der Waals surface area contributed by atoms with Gasteiger partial charge in [0.2, 0.25) is 0 Å². The van der Waals surface area contributed by atoms with E-state index in [-0.39, 0.29) is 30.5 Å². The molecular formula is C15H16F3IN6S. The Labute approximate surface area is 168 Å². The lowest BCUT2D eigenvalue weighted by Crippen LogP contribution is -2.36. The number of hydrogen-bond donors (Lipinski definition) is 2. The first-order valence-corrected chi connectivity index (χ1v) is 8.23. The molecule has 0 radical (unpaired) electrons. The number of halogens is 4. The molecule has 0 amide bonds.